The summed E-state index contributed by atoms with van der Waals surface area (Å²) < 4.78 is 24.9. The van der Waals surface area contributed by atoms with Gasteiger partial charge in [0.1, 0.15) is 0 Å². The van der Waals surface area contributed by atoms with Crippen LogP contribution in [0, 0.1) is 11.8 Å². The lowest BCUT2D eigenvalue weighted by molar-refractivity contribution is 0.00444. The molecule has 1 N–H and O–H groups in total. The molecule has 1 aliphatic carbocycles. The lowest BCUT2D eigenvalue weighted by Crippen LogP contribution is -2.25. The number of hydrogen-bond donors (Lipinski definition) is 1. The summed E-state index contributed by atoms with van der Waals surface area (Å²) >= 11 is 0. The van der Waals surface area contributed by atoms with E-state index in [1.54, 1.807) is 0 Å². The molecule has 1 atom stereocenters. The molecule has 0 aromatic rings. The molecule has 0 heterocycles. The number of alkyl halides is 2. The van der Waals surface area contributed by atoms with Crippen LogP contribution < -0.4 is 0 Å². The Bertz CT molecular complexity index is 131. The van der Waals surface area contributed by atoms with Gasteiger partial charge in [0, 0.05) is 5.92 Å². The first kappa shape index (κ1) is 10.9. The molecule has 1 rings (SSSR count). The molecule has 3 heteroatoms. The third-order valence-electron chi connectivity index (χ3n) is 3.04. The van der Waals surface area contributed by atoms with Gasteiger partial charge in [0.2, 0.25) is 6.43 Å². The lowest BCUT2D eigenvalue weighted by Gasteiger charge is -2.23. The predicted molar refractivity (Wildman–Crippen MR) is 47.8 cm³/mol. The summed E-state index contributed by atoms with van der Waals surface area (Å²) in [5, 5.41) is 8.86. The molecule has 1 fully saturated rings. The second kappa shape index (κ2) is 5.53. The summed E-state index contributed by atoms with van der Waals surface area (Å²) in [6.07, 6.45) is 3.82. The SMILES string of the molecule is OCC(C(F)F)C1CCCCCC1. The molecule has 13 heavy (non-hydrogen) atoms. The molecule has 1 saturated carbocycles. The normalized spacial score (nSPS) is 23.1. The molecule has 0 saturated heterocycles. The van der Waals surface area contributed by atoms with Crippen LogP contribution in [-0.2, 0) is 0 Å². The van der Waals surface area contributed by atoms with E-state index >= 15 is 0 Å². The molecule has 0 aromatic carbocycles. The number of aliphatic hydroxyl groups excluding tert-OH is 1. The van der Waals surface area contributed by atoms with Crippen molar-refractivity contribution in [2.75, 3.05) is 6.61 Å². The molecule has 78 valence electrons. The van der Waals surface area contributed by atoms with E-state index in [2.05, 4.69) is 0 Å². The minimum Gasteiger partial charge on any atom is -0.396 e. The molecular formula is C10H18F2O. The fraction of sp³-hybridized carbons (Fsp3) is 1.00. The quantitative estimate of drug-likeness (QED) is 0.682. The monoisotopic (exact) mass is 192 g/mol. The summed E-state index contributed by atoms with van der Waals surface area (Å²) in [6, 6.07) is 0. The van der Waals surface area contributed by atoms with Crippen LogP contribution in [0.15, 0.2) is 0 Å². The van der Waals surface area contributed by atoms with Crippen LogP contribution in [0.5, 0.6) is 0 Å². The Labute approximate surface area is 78.1 Å². The van der Waals surface area contributed by atoms with Crippen molar-refractivity contribution in [2.45, 2.75) is 45.0 Å². The Morgan fingerprint density at radius 2 is 1.62 bits per heavy atom. The van der Waals surface area contributed by atoms with Crippen LogP contribution in [0.4, 0.5) is 8.78 Å². The van der Waals surface area contributed by atoms with Gasteiger partial charge in [-0.15, -0.1) is 0 Å². The Balaban J connectivity index is 2.45. The molecule has 1 unspecified atom stereocenters. The smallest absolute Gasteiger partial charge is 0.243 e. The van der Waals surface area contributed by atoms with Gasteiger partial charge >= 0.3 is 0 Å². The van der Waals surface area contributed by atoms with Gasteiger partial charge < -0.3 is 5.11 Å². The molecule has 0 radical (unpaired) electrons. The highest BCUT2D eigenvalue weighted by atomic mass is 19.3. The maximum absolute atomic E-state index is 12.5. The first-order valence-corrected chi connectivity index (χ1v) is 5.14. The van der Waals surface area contributed by atoms with E-state index in [-0.39, 0.29) is 12.5 Å². The van der Waals surface area contributed by atoms with Crippen LogP contribution in [0.1, 0.15) is 38.5 Å². The molecular weight excluding hydrogens is 174 g/mol. The van der Waals surface area contributed by atoms with Gasteiger partial charge in [-0.3, -0.25) is 0 Å². The van der Waals surface area contributed by atoms with Crippen molar-refractivity contribution in [1.29, 1.82) is 0 Å². The summed E-state index contributed by atoms with van der Waals surface area (Å²) in [6.45, 7) is -0.359. The van der Waals surface area contributed by atoms with Crippen molar-refractivity contribution in [3.05, 3.63) is 0 Å². The molecule has 1 aliphatic rings. The van der Waals surface area contributed by atoms with Crippen LogP contribution >= 0.6 is 0 Å². The fourth-order valence-corrected chi connectivity index (χ4v) is 2.17. The molecule has 0 bridgehead atoms. The Morgan fingerprint density at radius 3 is 2.00 bits per heavy atom. The van der Waals surface area contributed by atoms with E-state index < -0.39 is 12.3 Å². The Morgan fingerprint density at radius 1 is 1.08 bits per heavy atom. The third kappa shape index (κ3) is 3.22. The van der Waals surface area contributed by atoms with Crippen molar-refractivity contribution < 1.29 is 13.9 Å². The van der Waals surface area contributed by atoms with Gasteiger partial charge in [-0.25, -0.2) is 8.78 Å². The van der Waals surface area contributed by atoms with E-state index in [0.717, 1.165) is 38.5 Å². The van der Waals surface area contributed by atoms with Crippen molar-refractivity contribution in [3.63, 3.8) is 0 Å². The second-order valence-electron chi connectivity index (χ2n) is 3.93. The standard InChI is InChI=1S/C10H18F2O/c11-10(12)9(7-13)8-5-3-1-2-4-6-8/h8-10,13H,1-7H2. The Kier molecular flexibility index (Phi) is 4.64. The number of aliphatic hydroxyl groups is 1. The fourth-order valence-electron chi connectivity index (χ4n) is 2.17. The van der Waals surface area contributed by atoms with Crippen molar-refractivity contribution >= 4 is 0 Å². The maximum atomic E-state index is 12.5. The van der Waals surface area contributed by atoms with E-state index in [1.165, 1.54) is 0 Å². The van der Waals surface area contributed by atoms with Gasteiger partial charge in [0.25, 0.3) is 0 Å². The highest BCUT2D eigenvalue weighted by Gasteiger charge is 2.29. The van der Waals surface area contributed by atoms with E-state index in [9.17, 15) is 8.78 Å². The average Bonchev–Trinajstić information content (AvgIpc) is 2.33. The van der Waals surface area contributed by atoms with E-state index in [0.29, 0.717) is 0 Å². The van der Waals surface area contributed by atoms with Crippen molar-refractivity contribution in [1.82, 2.24) is 0 Å². The lowest BCUT2D eigenvalue weighted by atomic mass is 9.87. The molecule has 0 spiro atoms. The van der Waals surface area contributed by atoms with Gasteiger partial charge in [0.05, 0.1) is 6.61 Å². The van der Waals surface area contributed by atoms with E-state index in [4.69, 9.17) is 5.11 Å². The molecule has 0 aliphatic heterocycles. The second-order valence-corrected chi connectivity index (χ2v) is 3.93. The Hall–Kier alpha value is -0.180. The minimum absolute atomic E-state index is 0.0486. The topological polar surface area (TPSA) is 20.2 Å². The van der Waals surface area contributed by atoms with Crippen LogP contribution in [0.25, 0.3) is 0 Å². The number of rotatable bonds is 3. The summed E-state index contributed by atoms with van der Waals surface area (Å²) in [4.78, 5) is 0. The van der Waals surface area contributed by atoms with E-state index in [1.807, 2.05) is 0 Å². The van der Waals surface area contributed by atoms with Crippen LogP contribution in [0.2, 0.25) is 0 Å². The van der Waals surface area contributed by atoms with Gasteiger partial charge in [-0.2, -0.15) is 0 Å². The first-order valence-electron chi connectivity index (χ1n) is 5.14. The van der Waals surface area contributed by atoms with Crippen molar-refractivity contribution in [3.8, 4) is 0 Å². The highest BCUT2D eigenvalue weighted by Crippen LogP contribution is 2.31. The number of halogens is 2. The van der Waals surface area contributed by atoms with Gasteiger partial charge in [0.15, 0.2) is 0 Å². The van der Waals surface area contributed by atoms with Gasteiger partial charge in [-0.1, -0.05) is 25.7 Å². The maximum Gasteiger partial charge on any atom is 0.243 e. The van der Waals surface area contributed by atoms with Crippen LogP contribution in [-0.4, -0.2) is 18.1 Å². The summed E-state index contributed by atoms with van der Waals surface area (Å²) in [7, 11) is 0. The summed E-state index contributed by atoms with van der Waals surface area (Å²) in [5.74, 6) is -0.731. The highest BCUT2D eigenvalue weighted by molar-refractivity contribution is 4.74. The van der Waals surface area contributed by atoms with Crippen molar-refractivity contribution in [2.24, 2.45) is 11.8 Å². The molecule has 0 amide bonds. The molecule has 0 aromatic heterocycles. The largest absolute Gasteiger partial charge is 0.396 e. The van der Waals surface area contributed by atoms with Crippen LogP contribution in [0.3, 0.4) is 0 Å². The third-order valence-corrected chi connectivity index (χ3v) is 3.04. The summed E-state index contributed by atoms with van der Waals surface area (Å²) in [5.41, 5.74) is 0. The molecule has 1 nitrogen and oxygen atoms in total. The predicted octanol–water partition coefficient (Wildman–Crippen LogP) is 2.83. The number of hydrogen-bond acceptors (Lipinski definition) is 1. The first-order chi connectivity index (χ1) is 6.25. The zero-order valence-electron chi connectivity index (χ0n) is 7.88. The van der Waals surface area contributed by atoms with Gasteiger partial charge in [-0.05, 0) is 18.8 Å². The average molecular weight is 192 g/mol. The zero-order chi connectivity index (χ0) is 9.68. The zero-order valence-corrected chi connectivity index (χ0v) is 7.88. The minimum atomic E-state index is -2.35.